The number of benzene rings is 3. The van der Waals surface area contributed by atoms with Gasteiger partial charge in [0.1, 0.15) is 0 Å². The molecular formula is C22H20Cl2N4O4S. The maximum atomic E-state index is 12.9. The Kier molecular flexibility index (Phi) is 7.47. The lowest BCUT2D eigenvalue weighted by Crippen LogP contribution is -2.22. The van der Waals surface area contributed by atoms with Crippen LogP contribution in [0.3, 0.4) is 0 Å². The highest BCUT2D eigenvalue weighted by molar-refractivity contribution is 7.92. The van der Waals surface area contributed by atoms with Crippen LogP contribution >= 0.6 is 23.2 Å². The van der Waals surface area contributed by atoms with Gasteiger partial charge in [0.05, 0.1) is 17.0 Å². The maximum Gasteiger partial charge on any atom is 0.304 e. The van der Waals surface area contributed by atoms with Crippen LogP contribution in [0, 0.1) is 0 Å². The van der Waals surface area contributed by atoms with Gasteiger partial charge in [-0.1, -0.05) is 41.4 Å². The van der Waals surface area contributed by atoms with Gasteiger partial charge in [-0.05, 0) is 59.7 Å². The topological polar surface area (TPSA) is 148 Å². The third-order valence-corrected chi connectivity index (χ3v) is 6.41. The van der Waals surface area contributed by atoms with Gasteiger partial charge in [-0.2, -0.15) is 0 Å². The van der Waals surface area contributed by atoms with Crippen molar-refractivity contribution in [1.29, 1.82) is 0 Å². The Bertz CT molecular complexity index is 1310. The summed E-state index contributed by atoms with van der Waals surface area (Å²) in [5.41, 5.74) is 12.4. The Labute approximate surface area is 200 Å². The smallest absolute Gasteiger partial charge is 0.304 e. The highest BCUT2D eigenvalue weighted by atomic mass is 35.5. The Hall–Kier alpha value is -3.27. The summed E-state index contributed by atoms with van der Waals surface area (Å²) in [4.78, 5) is 15.3. The van der Waals surface area contributed by atoms with Crippen molar-refractivity contribution in [3.63, 3.8) is 0 Å². The molecule has 3 aromatic rings. The van der Waals surface area contributed by atoms with E-state index in [1.165, 1.54) is 18.2 Å². The summed E-state index contributed by atoms with van der Waals surface area (Å²) in [6, 6.07) is 17.1. The second kappa shape index (κ2) is 10.1. The van der Waals surface area contributed by atoms with E-state index in [0.717, 1.165) is 0 Å². The second-order valence-corrected chi connectivity index (χ2v) is 9.67. The first kappa shape index (κ1) is 24.4. The number of carbonyl (C=O) groups is 1. The van der Waals surface area contributed by atoms with Gasteiger partial charge < -0.3 is 16.6 Å². The largest absolute Gasteiger partial charge is 0.481 e. The van der Waals surface area contributed by atoms with Crippen molar-refractivity contribution < 1.29 is 18.3 Å². The molecule has 0 heterocycles. The first-order valence-electron chi connectivity index (χ1n) is 9.54. The number of hydrogen-bond acceptors (Lipinski definition) is 4. The highest BCUT2D eigenvalue weighted by Gasteiger charge is 2.21. The first-order valence-corrected chi connectivity index (χ1v) is 11.8. The highest BCUT2D eigenvalue weighted by Crippen LogP contribution is 2.33. The number of halogens is 2. The standard InChI is InChI=1S/C22H20Cl2N4O4S/c23-15-7-14(8-16(24)10-15)20(12-21(29)30)13-3-1-5-18(9-13)28-33(31,32)19-6-2-4-17(11-19)27-22(25)26/h1-11,20,28H,12H2,(H,29,30)(H4,25,26,27). The number of rotatable bonds is 8. The zero-order valence-electron chi connectivity index (χ0n) is 17.1. The normalized spacial score (nSPS) is 12.1. The van der Waals surface area contributed by atoms with Crippen LogP contribution in [0.15, 0.2) is 76.6 Å². The molecule has 0 bridgehead atoms. The molecule has 0 aliphatic heterocycles. The lowest BCUT2D eigenvalue weighted by molar-refractivity contribution is -0.137. The minimum absolute atomic E-state index is 0.0425. The van der Waals surface area contributed by atoms with Crippen LogP contribution in [-0.4, -0.2) is 25.5 Å². The van der Waals surface area contributed by atoms with E-state index >= 15 is 0 Å². The Morgan fingerprint density at radius 2 is 1.64 bits per heavy atom. The van der Waals surface area contributed by atoms with Crippen LogP contribution in [0.2, 0.25) is 10.0 Å². The van der Waals surface area contributed by atoms with Crippen molar-refractivity contribution in [3.8, 4) is 0 Å². The number of hydrogen-bond donors (Lipinski definition) is 4. The fraction of sp³-hybridized carbons (Fsp3) is 0.0909. The maximum absolute atomic E-state index is 12.9. The molecule has 0 amide bonds. The SMILES string of the molecule is NC(N)=Nc1cccc(S(=O)(=O)Nc2cccc(C(CC(=O)O)c3cc(Cl)cc(Cl)c3)c2)c1. The third-order valence-electron chi connectivity index (χ3n) is 4.59. The van der Waals surface area contributed by atoms with Crippen LogP contribution in [0.5, 0.6) is 0 Å². The summed E-state index contributed by atoms with van der Waals surface area (Å²) in [6.07, 6.45) is -0.243. The van der Waals surface area contributed by atoms with Gasteiger partial charge in [0.25, 0.3) is 10.0 Å². The fourth-order valence-electron chi connectivity index (χ4n) is 3.28. The van der Waals surface area contributed by atoms with Crippen molar-refractivity contribution in [2.45, 2.75) is 17.2 Å². The first-order chi connectivity index (χ1) is 15.5. The predicted molar refractivity (Wildman–Crippen MR) is 130 cm³/mol. The molecule has 0 aliphatic carbocycles. The van der Waals surface area contributed by atoms with Gasteiger partial charge >= 0.3 is 5.97 Å². The third kappa shape index (κ3) is 6.61. The minimum atomic E-state index is -3.97. The molecule has 0 radical (unpaired) electrons. The Morgan fingerprint density at radius 1 is 0.970 bits per heavy atom. The number of sulfonamides is 1. The average Bonchev–Trinajstić information content (AvgIpc) is 2.71. The summed E-state index contributed by atoms with van der Waals surface area (Å²) in [7, 11) is -3.97. The molecule has 0 aromatic heterocycles. The second-order valence-electron chi connectivity index (χ2n) is 7.12. The van der Waals surface area contributed by atoms with E-state index in [9.17, 15) is 18.3 Å². The van der Waals surface area contributed by atoms with Gasteiger partial charge in [-0.15, -0.1) is 0 Å². The van der Waals surface area contributed by atoms with Crippen LogP contribution in [0.25, 0.3) is 0 Å². The molecule has 6 N–H and O–H groups in total. The summed E-state index contributed by atoms with van der Waals surface area (Å²) < 4.78 is 28.3. The van der Waals surface area contributed by atoms with E-state index in [1.807, 2.05) is 0 Å². The molecule has 0 spiro atoms. The summed E-state index contributed by atoms with van der Waals surface area (Å²) in [5.74, 6) is -1.83. The van der Waals surface area contributed by atoms with Gasteiger partial charge in [0.15, 0.2) is 5.96 Å². The number of aliphatic imine (C=N–C) groups is 1. The van der Waals surface area contributed by atoms with Gasteiger partial charge in [-0.3, -0.25) is 9.52 Å². The molecule has 1 unspecified atom stereocenters. The zero-order valence-corrected chi connectivity index (χ0v) is 19.4. The molecule has 8 nitrogen and oxygen atoms in total. The van der Waals surface area contributed by atoms with Crippen molar-refractivity contribution in [3.05, 3.63) is 87.9 Å². The number of nitrogens with zero attached hydrogens (tertiary/aromatic N) is 1. The number of carboxylic acid groups (broad SMARTS) is 1. The number of nitrogens with one attached hydrogen (secondary N) is 1. The van der Waals surface area contributed by atoms with E-state index in [2.05, 4.69) is 9.71 Å². The lowest BCUT2D eigenvalue weighted by Gasteiger charge is -2.18. The molecule has 0 aliphatic rings. The van der Waals surface area contributed by atoms with Gasteiger partial charge in [0, 0.05) is 21.7 Å². The quantitative estimate of drug-likeness (QED) is 0.264. The number of nitrogens with two attached hydrogens (primary N) is 2. The Morgan fingerprint density at radius 3 is 2.27 bits per heavy atom. The van der Waals surface area contributed by atoms with E-state index in [0.29, 0.717) is 21.2 Å². The number of anilines is 1. The number of aliphatic carboxylic acids is 1. The van der Waals surface area contributed by atoms with Gasteiger partial charge in [-0.25, -0.2) is 13.4 Å². The Balaban J connectivity index is 1.96. The molecule has 0 saturated carbocycles. The number of guanidine groups is 1. The van der Waals surface area contributed by atoms with E-state index in [-0.39, 0.29) is 28.7 Å². The van der Waals surface area contributed by atoms with Crippen molar-refractivity contribution >= 4 is 56.5 Å². The molecule has 1 atom stereocenters. The summed E-state index contributed by atoms with van der Waals surface area (Å²) >= 11 is 12.2. The van der Waals surface area contributed by atoms with Crippen molar-refractivity contribution in [2.24, 2.45) is 16.5 Å². The molecule has 3 rings (SSSR count). The number of carboxylic acids is 1. The molecule has 33 heavy (non-hydrogen) atoms. The van der Waals surface area contributed by atoms with Crippen LogP contribution in [-0.2, 0) is 14.8 Å². The molecule has 0 saturated heterocycles. The summed E-state index contributed by atoms with van der Waals surface area (Å²) in [5, 5.41) is 10.2. The van der Waals surface area contributed by atoms with E-state index < -0.39 is 21.9 Å². The predicted octanol–water partition coefficient (Wildman–Crippen LogP) is 4.31. The molecule has 3 aromatic carbocycles. The van der Waals surface area contributed by atoms with Gasteiger partial charge in [0.2, 0.25) is 0 Å². The monoisotopic (exact) mass is 506 g/mol. The van der Waals surface area contributed by atoms with E-state index in [4.69, 9.17) is 34.7 Å². The average molecular weight is 507 g/mol. The van der Waals surface area contributed by atoms with Crippen LogP contribution in [0.4, 0.5) is 11.4 Å². The van der Waals surface area contributed by atoms with Crippen LogP contribution < -0.4 is 16.2 Å². The molecule has 11 heteroatoms. The van der Waals surface area contributed by atoms with Crippen molar-refractivity contribution in [1.82, 2.24) is 0 Å². The molecule has 172 valence electrons. The molecular weight excluding hydrogens is 487 g/mol. The van der Waals surface area contributed by atoms with Crippen molar-refractivity contribution in [2.75, 3.05) is 4.72 Å². The van der Waals surface area contributed by atoms with Crippen LogP contribution in [0.1, 0.15) is 23.5 Å². The summed E-state index contributed by atoms with van der Waals surface area (Å²) in [6.45, 7) is 0. The minimum Gasteiger partial charge on any atom is -0.481 e. The fourth-order valence-corrected chi connectivity index (χ4v) is 4.91. The lowest BCUT2D eigenvalue weighted by atomic mass is 9.88. The van der Waals surface area contributed by atoms with E-state index in [1.54, 1.807) is 48.5 Å². The molecule has 0 fully saturated rings. The zero-order chi connectivity index (χ0) is 24.2.